The molecule has 0 aromatic rings. The van der Waals surface area contributed by atoms with Crippen LogP contribution in [0.4, 0.5) is 0 Å². The van der Waals surface area contributed by atoms with Crippen LogP contribution in [0.15, 0.2) is 0 Å². The zero-order valence-corrected chi connectivity index (χ0v) is 17.1. The molecule has 3 unspecified atom stereocenters. The van der Waals surface area contributed by atoms with E-state index >= 15 is 0 Å². The number of carbonyl (C=O) groups is 2. The van der Waals surface area contributed by atoms with Crippen molar-refractivity contribution >= 4 is 11.8 Å². The number of carbonyl (C=O) groups excluding carboxylic acids is 2. The maximum Gasteiger partial charge on any atom is 0.245 e. The lowest BCUT2D eigenvalue weighted by Crippen LogP contribution is -2.58. The molecule has 4 saturated carbocycles. The highest BCUT2D eigenvalue weighted by molar-refractivity contribution is 5.91. The van der Waals surface area contributed by atoms with Crippen LogP contribution in [0.3, 0.4) is 0 Å². The second-order valence-corrected chi connectivity index (χ2v) is 11.0. The fraction of sp³-hybridized carbons (Fsp3) is 0.913. The SMILES string of the molecule is O=C(C1CCCN1C(=O)C12CC3CC(CC(C3)C1)C2)N1C2CCNCC1CC2. The molecule has 6 bridgehead atoms. The van der Waals surface area contributed by atoms with Crippen molar-refractivity contribution in [2.24, 2.45) is 23.2 Å². The third kappa shape index (κ3) is 2.60. The summed E-state index contributed by atoms with van der Waals surface area (Å²) in [5.41, 5.74) is -0.114. The van der Waals surface area contributed by atoms with Gasteiger partial charge >= 0.3 is 0 Å². The van der Waals surface area contributed by atoms with E-state index in [4.69, 9.17) is 0 Å². The van der Waals surface area contributed by atoms with Crippen LogP contribution < -0.4 is 5.32 Å². The Kier molecular flexibility index (Phi) is 4.08. The van der Waals surface area contributed by atoms with Gasteiger partial charge in [0.25, 0.3) is 0 Å². The number of amides is 2. The Morgan fingerprint density at radius 2 is 1.54 bits per heavy atom. The van der Waals surface area contributed by atoms with Crippen molar-refractivity contribution in [1.82, 2.24) is 15.1 Å². The predicted molar refractivity (Wildman–Crippen MR) is 106 cm³/mol. The van der Waals surface area contributed by atoms with Crippen LogP contribution in [-0.4, -0.2) is 59.4 Å². The zero-order valence-electron chi connectivity index (χ0n) is 17.1. The summed E-state index contributed by atoms with van der Waals surface area (Å²) in [6, 6.07) is 0.559. The van der Waals surface area contributed by atoms with Crippen LogP contribution in [-0.2, 0) is 9.59 Å². The van der Waals surface area contributed by atoms with Crippen molar-refractivity contribution in [1.29, 1.82) is 0 Å². The Bertz CT molecular complexity index is 627. The molecule has 3 saturated heterocycles. The first-order chi connectivity index (χ1) is 13.6. The standard InChI is InChI=1S/C23H35N3O2/c27-21(26-18-3-4-19(26)14-24-6-5-18)20-2-1-7-25(20)22(28)23-11-15-8-16(12-23)10-17(9-15)13-23/h15-20,24H,1-14H2. The average molecular weight is 386 g/mol. The molecule has 7 fully saturated rings. The van der Waals surface area contributed by atoms with Gasteiger partial charge in [-0.15, -0.1) is 0 Å². The summed E-state index contributed by atoms with van der Waals surface area (Å²) in [5.74, 6) is 2.97. The fourth-order valence-corrected chi connectivity index (χ4v) is 8.46. The highest BCUT2D eigenvalue weighted by atomic mass is 16.2. The molecule has 7 aliphatic rings. The van der Waals surface area contributed by atoms with Gasteiger partial charge in [0, 0.05) is 25.2 Å². The van der Waals surface area contributed by atoms with Gasteiger partial charge in [-0.25, -0.2) is 0 Å². The molecular weight excluding hydrogens is 350 g/mol. The van der Waals surface area contributed by atoms with E-state index in [-0.39, 0.29) is 17.4 Å². The monoisotopic (exact) mass is 385 g/mol. The van der Waals surface area contributed by atoms with Gasteiger partial charge in [-0.3, -0.25) is 9.59 Å². The first kappa shape index (κ1) is 17.7. The molecule has 1 N–H and O–H groups in total. The van der Waals surface area contributed by atoms with E-state index in [9.17, 15) is 9.59 Å². The van der Waals surface area contributed by atoms with Crippen molar-refractivity contribution in [3.8, 4) is 0 Å². The number of likely N-dealkylation sites (tertiary alicyclic amines) is 1. The summed E-state index contributed by atoms with van der Waals surface area (Å²) >= 11 is 0. The predicted octanol–water partition coefficient (Wildman–Crippen LogP) is 2.55. The molecule has 3 atom stereocenters. The van der Waals surface area contributed by atoms with E-state index in [1.807, 2.05) is 0 Å². The third-order valence-corrected chi connectivity index (χ3v) is 9.20. The second kappa shape index (κ2) is 6.45. The van der Waals surface area contributed by atoms with Crippen LogP contribution in [0.2, 0.25) is 0 Å². The van der Waals surface area contributed by atoms with Gasteiger partial charge in [-0.2, -0.15) is 0 Å². The number of nitrogens with zero attached hydrogens (tertiary/aromatic N) is 2. The van der Waals surface area contributed by atoms with Gasteiger partial charge in [-0.05, 0) is 94.9 Å². The lowest BCUT2D eigenvalue weighted by molar-refractivity contribution is -0.162. The Morgan fingerprint density at radius 1 is 0.857 bits per heavy atom. The zero-order chi connectivity index (χ0) is 18.9. The molecule has 5 heteroatoms. The first-order valence-corrected chi connectivity index (χ1v) is 12.0. The van der Waals surface area contributed by atoms with Crippen LogP contribution in [0.5, 0.6) is 0 Å². The molecular formula is C23H35N3O2. The van der Waals surface area contributed by atoms with Gasteiger partial charge in [-0.1, -0.05) is 0 Å². The number of nitrogens with one attached hydrogen (secondary N) is 1. The normalized spacial score (nSPS) is 46.9. The number of hydrogen-bond donors (Lipinski definition) is 1. The van der Waals surface area contributed by atoms with Gasteiger partial charge in [0.2, 0.25) is 11.8 Å². The Labute approximate surface area is 168 Å². The number of rotatable bonds is 2. The summed E-state index contributed by atoms with van der Waals surface area (Å²) < 4.78 is 0. The Balaban J connectivity index is 1.24. The Morgan fingerprint density at radius 3 is 2.25 bits per heavy atom. The summed E-state index contributed by atoms with van der Waals surface area (Å²) in [4.78, 5) is 31.8. The minimum Gasteiger partial charge on any atom is -0.334 e. The molecule has 28 heavy (non-hydrogen) atoms. The molecule has 7 rings (SSSR count). The lowest BCUT2D eigenvalue weighted by atomic mass is 9.49. The van der Waals surface area contributed by atoms with Crippen molar-refractivity contribution < 1.29 is 9.59 Å². The third-order valence-electron chi connectivity index (χ3n) is 9.20. The highest BCUT2D eigenvalue weighted by Gasteiger charge is 2.57. The van der Waals surface area contributed by atoms with Crippen molar-refractivity contribution in [2.75, 3.05) is 19.6 Å². The second-order valence-electron chi connectivity index (χ2n) is 11.0. The van der Waals surface area contributed by atoms with Crippen LogP contribution in [0, 0.1) is 23.2 Å². The van der Waals surface area contributed by atoms with E-state index < -0.39 is 0 Å². The Hall–Kier alpha value is -1.10. The van der Waals surface area contributed by atoms with E-state index in [1.54, 1.807) is 0 Å². The van der Waals surface area contributed by atoms with E-state index in [0.29, 0.717) is 18.0 Å². The lowest BCUT2D eigenvalue weighted by Gasteiger charge is -2.56. The van der Waals surface area contributed by atoms with Crippen LogP contribution >= 0.6 is 0 Å². The molecule has 4 aliphatic carbocycles. The van der Waals surface area contributed by atoms with Gasteiger partial charge in [0.05, 0.1) is 5.41 Å². The van der Waals surface area contributed by atoms with Gasteiger partial charge in [0.15, 0.2) is 0 Å². The molecule has 5 nitrogen and oxygen atoms in total. The molecule has 0 radical (unpaired) electrons. The van der Waals surface area contributed by atoms with Crippen molar-refractivity contribution in [2.45, 2.75) is 88.8 Å². The fourth-order valence-electron chi connectivity index (χ4n) is 8.46. The molecule has 0 spiro atoms. The van der Waals surface area contributed by atoms with Crippen molar-refractivity contribution in [3.63, 3.8) is 0 Å². The maximum atomic E-state index is 13.9. The smallest absolute Gasteiger partial charge is 0.245 e. The van der Waals surface area contributed by atoms with E-state index in [2.05, 4.69) is 15.1 Å². The number of hydrogen-bond acceptors (Lipinski definition) is 3. The molecule has 0 aromatic carbocycles. The first-order valence-electron chi connectivity index (χ1n) is 12.0. The minimum atomic E-state index is -0.179. The quantitative estimate of drug-likeness (QED) is 0.795. The van der Waals surface area contributed by atoms with Gasteiger partial charge < -0.3 is 15.1 Å². The average Bonchev–Trinajstić information content (AvgIpc) is 3.23. The van der Waals surface area contributed by atoms with Crippen LogP contribution in [0.1, 0.15) is 70.6 Å². The molecule has 3 aliphatic heterocycles. The summed E-state index contributed by atoms with van der Waals surface area (Å²) in [7, 11) is 0. The van der Waals surface area contributed by atoms with Gasteiger partial charge in [0.1, 0.15) is 6.04 Å². The molecule has 2 amide bonds. The summed E-state index contributed by atoms with van der Waals surface area (Å²) in [6.07, 6.45) is 12.6. The van der Waals surface area contributed by atoms with Crippen molar-refractivity contribution in [3.05, 3.63) is 0 Å². The van der Waals surface area contributed by atoms with E-state index in [1.165, 1.54) is 19.3 Å². The molecule has 0 aromatic heterocycles. The summed E-state index contributed by atoms with van der Waals surface area (Å²) in [5, 5.41) is 3.50. The topological polar surface area (TPSA) is 52.7 Å². The minimum absolute atomic E-state index is 0.114. The number of fused-ring (bicyclic) bond motifs is 2. The molecule has 3 heterocycles. The van der Waals surface area contributed by atoms with Crippen LogP contribution in [0.25, 0.3) is 0 Å². The van der Waals surface area contributed by atoms with E-state index in [0.717, 1.165) is 88.8 Å². The molecule has 154 valence electrons. The highest BCUT2D eigenvalue weighted by Crippen LogP contribution is 2.60. The maximum absolute atomic E-state index is 13.9. The largest absolute Gasteiger partial charge is 0.334 e. The summed E-state index contributed by atoms with van der Waals surface area (Å²) in [6.45, 7) is 2.75.